The zero-order valence-electron chi connectivity index (χ0n) is 22.5. The second-order valence-corrected chi connectivity index (χ2v) is 9.33. The van der Waals surface area contributed by atoms with Crippen LogP contribution in [0.2, 0.25) is 5.02 Å². The summed E-state index contributed by atoms with van der Waals surface area (Å²) in [5.41, 5.74) is 9.65. The van der Waals surface area contributed by atoms with Crippen LogP contribution in [-0.2, 0) is 22.6 Å². The molecule has 0 aliphatic heterocycles. The highest BCUT2D eigenvalue weighted by Gasteiger charge is 2.44. The maximum absolute atomic E-state index is 13.7. The molecule has 2 aromatic heterocycles. The number of nitrogens with two attached hydrogens (primary N) is 2. The van der Waals surface area contributed by atoms with E-state index in [1.54, 1.807) is 24.3 Å². The third-order valence-corrected chi connectivity index (χ3v) is 6.19. The van der Waals surface area contributed by atoms with Crippen molar-refractivity contribution in [1.29, 1.82) is 0 Å². The average Bonchev–Trinajstić information content (AvgIpc) is 3.49. The number of benzene rings is 2. The normalized spacial score (nSPS) is 12.9. The van der Waals surface area contributed by atoms with Crippen LogP contribution >= 0.6 is 11.6 Å². The molecule has 0 aliphatic carbocycles. The zero-order chi connectivity index (χ0) is 31.5. The van der Waals surface area contributed by atoms with E-state index >= 15 is 0 Å². The summed E-state index contributed by atoms with van der Waals surface area (Å²) < 4.78 is 58.7. The van der Waals surface area contributed by atoms with Gasteiger partial charge in [0.1, 0.15) is 18.0 Å². The second-order valence-electron chi connectivity index (χ2n) is 8.90. The van der Waals surface area contributed by atoms with Crippen molar-refractivity contribution >= 4 is 23.8 Å². The Labute approximate surface area is 245 Å². The molecule has 228 valence electrons. The molecule has 4 aromatic rings. The van der Waals surface area contributed by atoms with Gasteiger partial charge in [0.05, 0.1) is 13.7 Å². The van der Waals surface area contributed by atoms with Crippen LogP contribution in [0, 0.1) is 0 Å². The highest BCUT2D eigenvalue weighted by Crippen LogP contribution is 2.28. The molecule has 4 N–H and O–H groups in total. The molecule has 0 radical (unpaired) electrons. The molecule has 43 heavy (non-hydrogen) atoms. The van der Waals surface area contributed by atoms with E-state index in [9.17, 15) is 27.6 Å². The molecule has 4 rings (SSSR count). The number of hydrogen-bond acceptors (Lipinski definition) is 9. The Hall–Kier alpha value is -5.06. The monoisotopic (exact) mass is 624 g/mol. The van der Waals surface area contributed by atoms with Crippen LogP contribution in [0.3, 0.4) is 0 Å². The van der Waals surface area contributed by atoms with Gasteiger partial charge >= 0.3 is 24.1 Å². The minimum atomic E-state index is -5.06. The largest absolute Gasteiger partial charge is 0.494 e. The predicted molar refractivity (Wildman–Crippen MR) is 144 cm³/mol. The Morgan fingerprint density at radius 1 is 1.02 bits per heavy atom. The fourth-order valence-electron chi connectivity index (χ4n) is 4.08. The summed E-state index contributed by atoms with van der Waals surface area (Å²) in [5, 5.41) is 8.97. The highest BCUT2D eigenvalue weighted by molar-refractivity contribution is 6.30. The minimum Gasteiger partial charge on any atom is -0.494 e. The van der Waals surface area contributed by atoms with Crippen molar-refractivity contribution in [2.24, 2.45) is 11.5 Å². The first-order valence-corrected chi connectivity index (χ1v) is 12.7. The summed E-state index contributed by atoms with van der Waals surface area (Å²) in [6.45, 7) is -0.0979. The van der Waals surface area contributed by atoms with Crippen molar-refractivity contribution in [3.05, 3.63) is 75.7 Å². The maximum atomic E-state index is 13.7. The number of hydrogen-bond donors (Lipinski definition) is 2. The van der Waals surface area contributed by atoms with E-state index in [0.29, 0.717) is 21.0 Å². The third kappa shape index (κ3) is 7.06. The lowest BCUT2D eigenvalue weighted by Gasteiger charge is -2.20. The molecule has 14 nitrogen and oxygen atoms in total. The quantitative estimate of drug-likeness (QED) is 0.267. The Bertz CT molecular complexity index is 1690. The molecule has 0 fully saturated rings. The molecule has 2 heterocycles. The Morgan fingerprint density at radius 2 is 1.67 bits per heavy atom. The molecule has 18 heteroatoms. The van der Waals surface area contributed by atoms with Crippen LogP contribution in [0.1, 0.15) is 24.7 Å². The van der Waals surface area contributed by atoms with Crippen LogP contribution < -0.4 is 21.9 Å². The van der Waals surface area contributed by atoms with Gasteiger partial charge in [0.15, 0.2) is 23.6 Å². The van der Waals surface area contributed by atoms with Gasteiger partial charge < -0.3 is 25.7 Å². The van der Waals surface area contributed by atoms with Gasteiger partial charge in [0.2, 0.25) is 6.10 Å². The number of amides is 2. The van der Waals surface area contributed by atoms with E-state index in [-0.39, 0.29) is 23.0 Å². The van der Waals surface area contributed by atoms with E-state index in [4.69, 9.17) is 32.5 Å². The molecule has 0 bridgehead atoms. The summed E-state index contributed by atoms with van der Waals surface area (Å²) in [4.78, 5) is 40.5. The first-order chi connectivity index (χ1) is 20.3. The van der Waals surface area contributed by atoms with Gasteiger partial charge in [-0.2, -0.15) is 13.2 Å². The third-order valence-electron chi connectivity index (χ3n) is 5.93. The number of methoxy groups -OCH3 is 1. The molecule has 0 saturated heterocycles. The fraction of sp³-hybridized carbons (Fsp3) is 0.280. The second kappa shape index (κ2) is 12.4. The van der Waals surface area contributed by atoms with Crippen LogP contribution in [-0.4, -0.2) is 60.7 Å². The number of rotatable bonds is 10. The van der Waals surface area contributed by atoms with Gasteiger partial charge in [-0.25, -0.2) is 28.7 Å². The van der Waals surface area contributed by atoms with Crippen LogP contribution in [0.5, 0.6) is 5.75 Å². The number of halogens is 4. The van der Waals surface area contributed by atoms with Gasteiger partial charge in [0.25, 0.3) is 0 Å². The SMILES string of the molecule is COc1ccccc1-n1nc(Cn2nc(-c3ccc(Cl)cc3)n(CC(OC(N)=O)C(F)(F)F)c2=O)nc1C(C)OC(N)=O. The number of aromatic nitrogens is 6. The first-order valence-electron chi connectivity index (χ1n) is 12.3. The number of carbonyl (C=O) groups excluding carboxylic acids is 2. The summed E-state index contributed by atoms with van der Waals surface area (Å²) in [6, 6.07) is 12.5. The molecule has 0 spiro atoms. The lowest BCUT2D eigenvalue weighted by Crippen LogP contribution is -2.41. The Balaban J connectivity index is 1.82. The minimum absolute atomic E-state index is 0.0315. The van der Waals surface area contributed by atoms with Crippen molar-refractivity contribution < 1.29 is 37.0 Å². The number of nitrogens with zero attached hydrogens (tertiary/aromatic N) is 6. The number of primary amides is 2. The molecule has 0 saturated carbocycles. The zero-order valence-corrected chi connectivity index (χ0v) is 23.2. The summed E-state index contributed by atoms with van der Waals surface area (Å²) >= 11 is 5.95. The number of ether oxygens (including phenoxy) is 3. The molecule has 0 aliphatic rings. The summed E-state index contributed by atoms with van der Waals surface area (Å²) in [5.74, 6) is 0.246. The van der Waals surface area contributed by atoms with Crippen LogP contribution in [0.15, 0.2) is 53.3 Å². The number of alkyl halides is 3. The van der Waals surface area contributed by atoms with Gasteiger partial charge in [-0.05, 0) is 43.3 Å². The number of para-hydroxylation sites is 2. The molecule has 2 amide bonds. The molecule has 2 unspecified atom stereocenters. The maximum Gasteiger partial charge on any atom is 0.427 e. The molecule has 2 aromatic carbocycles. The van der Waals surface area contributed by atoms with E-state index in [0.717, 1.165) is 4.68 Å². The van der Waals surface area contributed by atoms with E-state index in [1.165, 1.54) is 43.0 Å². The fourth-order valence-corrected chi connectivity index (χ4v) is 4.20. The van der Waals surface area contributed by atoms with Crippen molar-refractivity contribution in [1.82, 2.24) is 29.1 Å². The lowest BCUT2D eigenvalue weighted by molar-refractivity contribution is -0.206. The van der Waals surface area contributed by atoms with Crippen LogP contribution in [0.25, 0.3) is 17.1 Å². The van der Waals surface area contributed by atoms with Gasteiger partial charge in [-0.1, -0.05) is 23.7 Å². The topological polar surface area (TPSA) is 184 Å². The van der Waals surface area contributed by atoms with Crippen molar-refractivity contribution in [3.8, 4) is 22.8 Å². The van der Waals surface area contributed by atoms with E-state index in [1.807, 2.05) is 0 Å². The molecular formula is C25H24ClF3N8O6. The number of carbonyl (C=O) groups is 2. The van der Waals surface area contributed by atoms with Crippen molar-refractivity contribution in [3.63, 3.8) is 0 Å². The molecular weight excluding hydrogens is 601 g/mol. The molecule has 2 atom stereocenters. The van der Waals surface area contributed by atoms with E-state index in [2.05, 4.69) is 19.9 Å². The smallest absolute Gasteiger partial charge is 0.427 e. The van der Waals surface area contributed by atoms with Crippen LogP contribution in [0.4, 0.5) is 22.8 Å². The van der Waals surface area contributed by atoms with E-state index < -0.39 is 49.3 Å². The Kier molecular flexibility index (Phi) is 8.93. The predicted octanol–water partition coefficient (Wildman–Crippen LogP) is 3.19. The van der Waals surface area contributed by atoms with Crippen molar-refractivity contribution in [2.75, 3.05) is 7.11 Å². The summed E-state index contributed by atoms with van der Waals surface area (Å²) in [7, 11) is 1.43. The highest BCUT2D eigenvalue weighted by atomic mass is 35.5. The standard InChI is InChI=1S/C25H24ClF3N8O6/c1-13(42-22(30)38)20-32-19(33-37(20)16-5-3-4-6-17(16)41-2)12-36-24(40)35(11-18(25(27,28)29)43-23(31)39)21(34-36)14-7-9-15(26)10-8-14/h3-10,13,18H,11-12H2,1-2H3,(H2,30,38)(H2,31,39). The Morgan fingerprint density at radius 3 is 2.28 bits per heavy atom. The first kappa shape index (κ1) is 30.9. The van der Waals surface area contributed by atoms with Gasteiger partial charge in [-0.15, -0.1) is 10.2 Å². The van der Waals surface area contributed by atoms with Crippen molar-refractivity contribution in [2.45, 2.75) is 38.4 Å². The average molecular weight is 625 g/mol. The van der Waals surface area contributed by atoms with Gasteiger partial charge in [0, 0.05) is 10.6 Å². The summed E-state index contributed by atoms with van der Waals surface area (Å²) in [6.07, 6.45) is -11.6. The lowest BCUT2D eigenvalue weighted by atomic mass is 10.2. The van der Waals surface area contributed by atoms with Gasteiger partial charge in [-0.3, -0.25) is 4.57 Å².